The van der Waals surface area contributed by atoms with Crippen LogP contribution in [-0.2, 0) is 10.0 Å². The quantitative estimate of drug-likeness (QED) is 0.839. The van der Waals surface area contributed by atoms with Gasteiger partial charge < -0.3 is 4.90 Å². The summed E-state index contributed by atoms with van der Waals surface area (Å²) in [6.45, 7) is 1.000. The van der Waals surface area contributed by atoms with Gasteiger partial charge in [-0.3, -0.25) is 9.78 Å². The first-order valence-electron chi connectivity index (χ1n) is 7.43. The average Bonchev–Trinajstić information content (AvgIpc) is 2.62. The van der Waals surface area contributed by atoms with Crippen LogP contribution in [0.3, 0.4) is 0 Å². The van der Waals surface area contributed by atoms with Crippen molar-refractivity contribution in [1.29, 1.82) is 0 Å². The molecule has 0 N–H and O–H groups in total. The fraction of sp³-hybridized carbons (Fsp3) is 0.250. The molecule has 2 aromatic rings. The van der Waals surface area contributed by atoms with E-state index < -0.39 is 15.8 Å². The molecule has 0 spiro atoms. The molecular formula is C16H16FN3O3S. The Morgan fingerprint density at radius 1 is 1.04 bits per heavy atom. The lowest BCUT2D eigenvalue weighted by atomic mass is 10.2. The molecule has 8 heteroatoms. The van der Waals surface area contributed by atoms with Gasteiger partial charge in [-0.1, -0.05) is 0 Å². The van der Waals surface area contributed by atoms with Crippen molar-refractivity contribution in [3.05, 3.63) is 60.2 Å². The zero-order valence-corrected chi connectivity index (χ0v) is 13.6. The van der Waals surface area contributed by atoms with E-state index in [4.69, 9.17) is 0 Å². The first-order chi connectivity index (χ1) is 11.5. The van der Waals surface area contributed by atoms with Gasteiger partial charge in [-0.15, -0.1) is 0 Å². The first kappa shape index (κ1) is 16.5. The Hall–Kier alpha value is -2.32. The predicted molar refractivity (Wildman–Crippen MR) is 85.3 cm³/mol. The second kappa shape index (κ2) is 6.66. The van der Waals surface area contributed by atoms with E-state index in [1.807, 2.05) is 0 Å². The lowest BCUT2D eigenvalue weighted by Crippen LogP contribution is -2.50. The van der Waals surface area contributed by atoms with Gasteiger partial charge in [0.15, 0.2) is 0 Å². The summed E-state index contributed by atoms with van der Waals surface area (Å²) in [4.78, 5) is 17.9. The van der Waals surface area contributed by atoms with Crippen LogP contribution in [0.1, 0.15) is 10.4 Å². The maximum atomic E-state index is 12.9. The van der Waals surface area contributed by atoms with Crippen LogP contribution >= 0.6 is 0 Å². The van der Waals surface area contributed by atoms with Gasteiger partial charge in [0, 0.05) is 44.1 Å². The maximum Gasteiger partial charge on any atom is 0.253 e. The zero-order valence-electron chi connectivity index (χ0n) is 12.8. The van der Waals surface area contributed by atoms with E-state index in [1.165, 1.54) is 47.0 Å². The second-order valence-electron chi connectivity index (χ2n) is 5.39. The van der Waals surface area contributed by atoms with Gasteiger partial charge >= 0.3 is 0 Å². The Labute approximate surface area is 139 Å². The van der Waals surface area contributed by atoms with Crippen molar-refractivity contribution in [3.8, 4) is 0 Å². The molecule has 1 fully saturated rings. The minimum atomic E-state index is -3.60. The molecule has 2 heterocycles. The molecule has 1 aliphatic heterocycles. The summed E-state index contributed by atoms with van der Waals surface area (Å²) in [5.74, 6) is -0.632. The molecule has 1 aromatic carbocycles. The summed E-state index contributed by atoms with van der Waals surface area (Å²) in [5, 5.41) is 0. The lowest BCUT2D eigenvalue weighted by Gasteiger charge is -2.34. The van der Waals surface area contributed by atoms with Crippen LogP contribution in [0, 0.1) is 5.82 Å². The third kappa shape index (κ3) is 3.29. The number of rotatable bonds is 3. The molecule has 0 bridgehead atoms. The Kier molecular flexibility index (Phi) is 4.59. The van der Waals surface area contributed by atoms with Crippen molar-refractivity contribution in [2.45, 2.75) is 4.90 Å². The number of hydrogen-bond donors (Lipinski definition) is 0. The van der Waals surface area contributed by atoms with E-state index in [2.05, 4.69) is 4.98 Å². The Morgan fingerprint density at radius 3 is 2.29 bits per heavy atom. The summed E-state index contributed by atoms with van der Waals surface area (Å²) in [5.41, 5.74) is 0.389. The fourth-order valence-corrected chi connectivity index (χ4v) is 3.94. The van der Waals surface area contributed by atoms with E-state index in [1.54, 1.807) is 11.0 Å². The molecule has 1 aromatic heterocycles. The van der Waals surface area contributed by atoms with Crippen LogP contribution in [0.4, 0.5) is 4.39 Å². The number of amides is 1. The topological polar surface area (TPSA) is 70.6 Å². The van der Waals surface area contributed by atoms with Crippen molar-refractivity contribution >= 4 is 15.9 Å². The summed E-state index contributed by atoms with van der Waals surface area (Å²) >= 11 is 0. The van der Waals surface area contributed by atoms with E-state index in [9.17, 15) is 17.6 Å². The molecule has 1 saturated heterocycles. The predicted octanol–water partition coefficient (Wildman–Crippen LogP) is 1.37. The Balaban J connectivity index is 1.67. The molecule has 1 aliphatic rings. The summed E-state index contributed by atoms with van der Waals surface area (Å²) in [6, 6.07) is 8.39. The number of carbonyl (C=O) groups is 1. The number of pyridine rings is 1. The van der Waals surface area contributed by atoms with Gasteiger partial charge in [-0.05, 0) is 36.4 Å². The van der Waals surface area contributed by atoms with Crippen LogP contribution in [0.5, 0.6) is 0 Å². The minimum absolute atomic E-state index is 0.142. The fourth-order valence-electron chi connectivity index (χ4n) is 2.56. The molecule has 126 valence electrons. The number of benzene rings is 1. The maximum absolute atomic E-state index is 12.9. The molecule has 1 amide bonds. The SMILES string of the molecule is O=C(c1ccc(F)cc1)N1CCN(S(=O)(=O)c2cccnc2)CC1. The van der Waals surface area contributed by atoms with Crippen LogP contribution in [0.15, 0.2) is 53.7 Å². The monoisotopic (exact) mass is 349 g/mol. The highest BCUT2D eigenvalue weighted by Crippen LogP contribution is 2.17. The molecule has 0 aliphatic carbocycles. The van der Waals surface area contributed by atoms with Gasteiger partial charge in [0.1, 0.15) is 10.7 Å². The number of piperazine rings is 1. The molecule has 0 saturated carbocycles. The number of aromatic nitrogens is 1. The van der Waals surface area contributed by atoms with Crippen molar-refractivity contribution < 1.29 is 17.6 Å². The number of halogens is 1. The van der Waals surface area contributed by atoms with E-state index in [0.717, 1.165) is 0 Å². The van der Waals surface area contributed by atoms with Gasteiger partial charge in [0.05, 0.1) is 0 Å². The van der Waals surface area contributed by atoms with Gasteiger partial charge in [-0.2, -0.15) is 4.31 Å². The smallest absolute Gasteiger partial charge is 0.253 e. The zero-order chi connectivity index (χ0) is 17.2. The summed E-state index contributed by atoms with van der Waals surface area (Å²) in [6.07, 6.45) is 2.82. The van der Waals surface area contributed by atoms with Crippen LogP contribution in [0.25, 0.3) is 0 Å². The first-order valence-corrected chi connectivity index (χ1v) is 8.87. The third-order valence-corrected chi connectivity index (χ3v) is 5.77. The van der Waals surface area contributed by atoms with Crippen LogP contribution in [0.2, 0.25) is 0 Å². The number of hydrogen-bond acceptors (Lipinski definition) is 4. The standard InChI is InChI=1S/C16H16FN3O3S/c17-14-5-3-13(4-6-14)16(21)19-8-10-20(11-9-19)24(22,23)15-2-1-7-18-12-15/h1-7,12H,8-11H2. The number of nitrogens with zero attached hydrogens (tertiary/aromatic N) is 3. The van der Waals surface area contributed by atoms with E-state index in [-0.39, 0.29) is 37.0 Å². The highest BCUT2D eigenvalue weighted by molar-refractivity contribution is 7.89. The summed E-state index contributed by atoms with van der Waals surface area (Å²) in [7, 11) is -3.60. The van der Waals surface area contributed by atoms with E-state index >= 15 is 0 Å². The number of carbonyl (C=O) groups excluding carboxylic acids is 1. The minimum Gasteiger partial charge on any atom is -0.336 e. The average molecular weight is 349 g/mol. The van der Waals surface area contributed by atoms with E-state index in [0.29, 0.717) is 5.56 Å². The Morgan fingerprint density at radius 2 is 1.71 bits per heavy atom. The molecular weight excluding hydrogens is 333 g/mol. The van der Waals surface area contributed by atoms with Crippen molar-refractivity contribution in [2.75, 3.05) is 26.2 Å². The van der Waals surface area contributed by atoms with Gasteiger partial charge in [0.2, 0.25) is 10.0 Å². The molecule has 24 heavy (non-hydrogen) atoms. The third-order valence-electron chi connectivity index (χ3n) is 3.89. The molecule has 6 nitrogen and oxygen atoms in total. The van der Waals surface area contributed by atoms with Crippen LogP contribution in [-0.4, -0.2) is 54.7 Å². The molecule has 0 unspecified atom stereocenters. The highest BCUT2D eigenvalue weighted by atomic mass is 32.2. The Bertz CT molecular complexity index is 817. The second-order valence-corrected chi connectivity index (χ2v) is 7.33. The number of sulfonamides is 1. The van der Waals surface area contributed by atoms with Crippen molar-refractivity contribution in [3.63, 3.8) is 0 Å². The molecule has 0 atom stereocenters. The van der Waals surface area contributed by atoms with Crippen LogP contribution < -0.4 is 0 Å². The molecule has 0 radical (unpaired) electrons. The lowest BCUT2D eigenvalue weighted by molar-refractivity contribution is 0.0698. The van der Waals surface area contributed by atoms with Crippen molar-refractivity contribution in [2.24, 2.45) is 0 Å². The van der Waals surface area contributed by atoms with Crippen molar-refractivity contribution in [1.82, 2.24) is 14.2 Å². The molecule has 3 rings (SSSR count). The normalized spacial score (nSPS) is 16.1. The van der Waals surface area contributed by atoms with Gasteiger partial charge in [-0.25, -0.2) is 12.8 Å². The largest absolute Gasteiger partial charge is 0.336 e. The highest BCUT2D eigenvalue weighted by Gasteiger charge is 2.30. The van der Waals surface area contributed by atoms with Gasteiger partial charge in [0.25, 0.3) is 5.91 Å². The summed E-state index contributed by atoms with van der Waals surface area (Å²) < 4.78 is 39.3.